The number of hydrogen-bond donors (Lipinski definition) is 2. The molecule has 2 N–H and O–H groups in total. The maximum absolute atomic E-state index is 11.8. The van der Waals surface area contributed by atoms with Gasteiger partial charge in [0.2, 0.25) is 10.0 Å². The van der Waals surface area contributed by atoms with E-state index in [9.17, 15) is 8.42 Å². The molecular formula is C14H24N2O2S. The molecule has 1 rings (SSSR count). The minimum Gasteiger partial charge on any atom is -0.314 e. The van der Waals surface area contributed by atoms with Crippen molar-refractivity contribution in [1.82, 2.24) is 10.0 Å². The molecule has 1 aromatic carbocycles. The van der Waals surface area contributed by atoms with Gasteiger partial charge in [-0.15, -0.1) is 0 Å². The van der Waals surface area contributed by atoms with Gasteiger partial charge in [0.25, 0.3) is 0 Å². The van der Waals surface area contributed by atoms with Crippen molar-refractivity contribution in [3.63, 3.8) is 0 Å². The zero-order valence-corrected chi connectivity index (χ0v) is 12.8. The monoisotopic (exact) mass is 284 g/mol. The van der Waals surface area contributed by atoms with Crippen molar-refractivity contribution in [1.29, 1.82) is 0 Å². The molecule has 1 aromatic rings. The van der Waals surface area contributed by atoms with Crippen LogP contribution in [0.5, 0.6) is 0 Å². The van der Waals surface area contributed by atoms with E-state index in [2.05, 4.69) is 10.0 Å². The van der Waals surface area contributed by atoms with Crippen LogP contribution in [0.4, 0.5) is 0 Å². The van der Waals surface area contributed by atoms with Crippen LogP contribution in [0, 0.1) is 6.92 Å². The van der Waals surface area contributed by atoms with Crippen LogP contribution < -0.4 is 10.0 Å². The Morgan fingerprint density at radius 3 is 2.37 bits per heavy atom. The molecule has 0 bridgehead atoms. The Bertz CT molecular complexity index is 467. The second-order valence-electron chi connectivity index (χ2n) is 5.09. The van der Waals surface area contributed by atoms with Crippen LogP contribution in [0.3, 0.4) is 0 Å². The van der Waals surface area contributed by atoms with E-state index in [1.54, 1.807) is 0 Å². The lowest BCUT2D eigenvalue weighted by atomic mass is 10.2. The number of rotatable bonds is 8. The maximum atomic E-state index is 11.8. The highest BCUT2D eigenvalue weighted by atomic mass is 32.2. The van der Waals surface area contributed by atoms with Gasteiger partial charge < -0.3 is 5.32 Å². The Labute approximate surface area is 116 Å². The average Bonchev–Trinajstić information content (AvgIpc) is 2.34. The van der Waals surface area contributed by atoms with Crippen LogP contribution >= 0.6 is 0 Å². The van der Waals surface area contributed by atoms with E-state index in [0.29, 0.717) is 19.0 Å². The molecule has 0 spiro atoms. The predicted molar refractivity (Wildman–Crippen MR) is 79.6 cm³/mol. The summed E-state index contributed by atoms with van der Waals surface area (Å²) in [6.45, 7) is 7.19. The molecule has 108 valence electrons. The highest BCUT2D eigenvalue weighted by Crippen LogP contribution is 2.03. The molecule has 0 aliphatic carbocycles. The van der Waals surface area contributed by atoms with Gasteiger partial charge in [0, 0.05) is 12.6 Å². The number of sulfonamides is 1. The van der Waals surface area contributed by atoms with Crippen molar-refractivity contribution in [2.75, 3.05) is 12.3 Å². The highest BCUT2D eigenvalue weighted by molar-refractivity contribution is 7.89. The van der Waals surface area contributed by atoms with Crippen LogP contribution in [0.1, 0.15) is 31.4 Å². The van der Waals surface area contributed by atoms with Crippen LogP contribution in [0.25, 0.3) is 0 Å². The quantitative estimate of drug-likeness (QED) is 0.716. The van der Waals surface area contributed by atoms with Gasteiger partial charge in [-0.3, -0.25) is 0 Å². The fourth-order valence-electron chi connectivity index (χ4n) is 1.62. The van der Waals surface area contributed by atoms with Gasteiger partial charge in [0.05, 0.1) is 5.75 Å². The molecule has 4 nitrogen and oxygen atoms in total. The number of hydrogen-bond acceptors (Lipinski definition) is 3. The predicted octanol–water partition coefficient (Wildman–Crippen LogP) is 1.80. The maximum Gasteiger partial charge on any atom is 0.211 e. The molecule has 0 unspecified atom stereocenters. The Morgan fingerprint density at radius 2 is 1.79 bits per heavy atom. The SMILES string of the molecule is Cc1ccc(CNS(=O)(=O)CCCNC(C)C)cc1. The fourth-order valence-corrected chi connectivity index (χ4v) is 2.68. The van der Waals surface area contributed by atoms with Crippen molar-refractivity contribution in [3.05, 3.63) is 35.4 Å². The number of benzene rings is 1. The summed E-state index contributed by atoms with van der Waals surface area (Å²) in [6.07, 6.45) is 0.626. The summed E-state index contributed by atoms with van der Waals surface area (Å²) >= 11 is 0. The smallest absolute Gasteiger partial charge is 0.211 e. The largest absolute Gasteiger partial charge is 0.314 e. The summed E-state index contributed by atoms with van der Waals surface area (Å²) in [4.78, 5) is 0. The minimum atomic E-state index is -3.18. The van der Waals surface area contributed by atoms with E-state index in [-0.39, 0.29) is 5.75 Å². The van der Waals surface area contributed by atoms with Gasteiger partial charge >= 0.3 is 0 Å². The summed E-state index contributed by atoms with van der Waals surface area (Å²) in [6, 6.07) is 8.24. The van der Waals surface area contributed by atoms with Crippen molar-refractivity contribution >= 4 is 10.0 Å². The third kappa shape index (κ3) is 7.30. The summed E-state index contributed by atoms with van der Waals surface area (Å²) in [5.74, 6) is 0.165. The van der Waals surface area contributed by atoms with E-state index in [1.807, 2.05) is 45.0 Å². The Morgan fingerprint density at radius 1 is 1.16 bits per heavy atom. The average molecular weight is 284 g/mol. The molecule has 0 atom stereocenters. The van der Waals surface area contributed by atoms with Crippen molar-refractivity contribution in [3.8, 4) is 0 Å². The van der Waals surface area contributed by atoms with Crippen LogP contribution in [0.15, 0.2) is 24.3 Å². The van der Waals surface area contributed by atoms with Crippen LogP contribution in [-0.2, 0) is 16.6 Å². The second kappa shape index (κ2) is 7.62. The third-order valence-electron chi connectivity index (χ3n) is 2.76. The van der Waals surface area contributed by atoms with Gasteiger partial charge in [-0.05, 0) is 25.5 Å². The van der Waals surface area contributed by atoms with E-state index in [0.717, 1.165) is 12.1 Å². The van der Waals surface area contributed by atoms with Crippen molar-refractivity contribution in [2.24, 2.45) is 0 Å². The first kappa shape index (κ1) is 16.1. The lowest BCUT2D eigenvalue weighted by molar-refractivity contribution is 0.561. The van der Waals surface area contributed by atoms with Gasteiger partial charge in [-0.1, -0.05) is 43.7 Å². The molecule has 0 amide bonds. The molecular weight excluding hydrogens is 260 g/mol. The molecule has 0 aliphatic heterocycles. The summed E-state index contributed by atoms with van der Waals surface area (Å²) in [5, 5.41) is 3.21. The molecule has 0 saturated heterocycles. The molecule has 5 heteroatoms. The van der Waals surface area contributed by atoms with Crippen LogP contribution in [0.2, 0.25) is 0 Å². The molecule has 0 heterocycles. The molecule has 19 heavy (non-hydrogen) atoms. The lowest BCUT2D eigenvalue weighted by Gasteiger charge is -2.09. The first-order chi connectivity index (χ1) is 8.89. The van der Waals surface area contributed by atoms with E-state index < -0.39 is 10.0 Å². The molecule has 0 fully saturated rings. The summed E-state index contributed by atoms with van der Waals surface area (Å²) in [5.41, 5.74) is 2.15. The standard InChI is InChI=1S/C14H24N2O2S/c1-12(2)15-9-4-10-19(17,18)16-11-14-7-5-13(3)6-8-14/h5-8,12,15-16H,4,9-11H2,1-3H3. The van der Waals surface area contributed by atoms with Crippen molar-refractivity contribution in [2.45, 2.75) is 39.8 Å². The first-order valence-corrected chi connectivity index (χ1v) is 8.30. The zero-order chi connectivity index (χ0) is 14.3. The number of aryl methyl sites for hydroxylation is 1. The normalized spacial score (nSPS) is 12.0. The van der Waals surface area contributed by atoms with E-state index in [4.69, 9.17) is 0 Å². The Kier molecular flexibility index (Phi) is 6.48. The Hall–Kier alpha value is -0.910. The molecule has 0 saturated carbocycles. The fraction of sp³-hybridized carbons (Fsp3) is 0.571. The second-order valence-corrected chi connectivity index (χ2v) is 7.01. The van der Waals surface area contributed by atoms with E-state index in [1.165, 1.54) is 5.56 Å². The highest BCUT2D eigenvalue weighted by Gasteiger charge is 2.09. The topological polar surface area (TPSA) is 58.2 Å². The Balaban J connectivity index is 2.32. The minimum absolute atomic E-state index is 0.165. The first-order valence-electron chi connectivity index (χ1n) is 6.65. The van der Waals surface area contributed by atoms with Gasteiger partial charge in [0.15, 0.2) is 0 Å². The molecule has 0 aromatic heterocycles. The van der Waals surface area contributed by atoms with E-state index >= 15 is 0 Å². The zero-order valence-electron chi connectivity index (χ0n) is 11.9. The van der Waals surface area contributed by atoms with Gasteiger partial charge in [-0.2, -0.15) is 0 Å². The van der Waals surface area contributed by atoms with Crippen LogP contribution in [-0.4, -0.2) is 26.8 Å². The lowest BCUT2D eigenvalue weighted by Crippen LogP contribution is -2.29. The molecule has 0 aliphatic rings. The number of nitrogens with one attached hydrogen (secondary N) is 2. The summed E-state index contributed by atoms with van der Waals surface area (Å²) < 4.78 is 26.2. The van der Waals surface area contributed by atoms with Gasteiger partial charge in [-0.25, -0.2) is 13.1 Å². The summed E-state index contributed by atoms with van der Waals surface area (Å²) in [7, 11) is -3.18. The molecule has 0 radical (unpaired) electrons. The third-order valence-corrected chi connectivity index (χ3v) is 4.17. The van der Waals surface area contributed by atoms with Crippen molar-refractivity contribution < 1.29 is 8.42 Å². The van der Waals surface area contributed by atoms with Gasteiger partial charge in [0.1, 0.15) is 0 Å².